The first-order valence-corrected chi connectivity index (χ1v) is 5.01. The Bertz CT molecular complexity index is 452. The van der Waals surface area contributed by atoms with Crippen molar-refractivity contribution in [3.63, 3.8) is 0 Å². The van der Waals surface area contributed by atoms with Gasteiger partial charge in [-0.15, -0.1) is 0 Å². The molecule has 0 atom stereocenters. The average molecular weight is 216 g/mol. The van der Waals surface area contributed by atoms with Gasteiger partial charge in [-0.2, -0.15) is 5.26 Å². The van der Waals surface area contributed by atoms with E-state index in [1.54, 1.807) is 23.1 Å². The Labute approximate surface area is 93.6 Å². The Morgan fingerprint density at radius 2 is 2.19 bits per heavy atom. The first-order valence-electron chi connectivity index (χ1n) is 5.01. The minimum absolute atomic E-state index is 0.0381. The van der Waals surface area contributed by atoms with Crippen LogP contribution in [0.5, 0.6) is 0 Å². The summed E-state index contributed by atoms with van der Waals surface area (Å²) in [7, 11) is 0. The summed E-state index contributed by atoms with van der Waals surface area (Å²) in [5, 5.41) is 10.3. The first-order chi connectivity index (χ1) is 7.70. The molecular weight excluding hydrogens is 204 g/mol. The van der Waals surface area contributed by atoms with E-state index in [2.05, 4.69) is 6.07 Å². The van der Waals surface area contributed by atoms with Gasteiger partial charge in [0.25, 0.3) is 0 Å². The molecule has 1 fully saturated rings. The average Bonchev–Trinajstić information content (AvgIpc) is 2.29. The van der Waals surface area contributed by atoms with Crippen LogP contribution in [0, 0.1) is 11.3 Å². The highest BCUT2D eigenvalue weighted by atomic mass is 16.2. The fourth-order valence-electron chi connectivity index (χ4n) is 1.71. The SMILES string of the molecule is N#Cc1cccc(N2CCN(N)CC2=O)c1. The number of benzene rings is 1. The van der Waals surface area contributed by atoms with Crippen LogP contribution in [-0.4, -0.2) is 30.6 Å². The van der Waals surface area contributed by atoms with Crippen LogP contribution >= 0.6 is 0 Å². The van der Waals surface area contributed by atoms with Gasteiger partial charge in [-0.3, -0.25) is 10.6 Å². The van der Waals surface area contributed by atoms with Crippen molar-refractivity contribution in [1.29, 1.82) is 5.26 Å². The summed E-state index contributed by atoms with van der Waals surface area (Å²) in [5.41, 5.74) is 1.32. The van der Waals surface area contributed by atoms with Gasteiger partial charge in [-0.05, 0) is 18.2 Å². The van der Waals surface area contributed by atoms with Crippen molar-refractivity contribution in [2.45, 2.75) is 0 Å². The van der Waals surface area contributed by atoms with Crippen LogP contribution < -0.4 is 10.7 Å². The molecular formula is C11H12N4O. The molecule has 1 aliphatic rings. The number of hydrogen-bond acceptors (Lipinski definition) is 4. The number of carbonyl (C=O) groups is 1. The Morgan fingerprint density at radius 3 is 2.88 bits per heavy atom. The van der Waals surface area contributed by atoms with Gasteiger partial charge in [0.15, 0.2) is 0 Å². The number of anilines is 1. The van der Waals surface area contributed by atoms with E-state index >= 15 is 0 Å². The second-order valence-electron chi connectivity index (χ2n) is 3.68. The number of nitrogens with zero attached hydrogens (tertiary/aromatic N) is 3. The minimum Gasteiger partial charge on any atom is -0.310 e. The van der Waals surface area contributed by atoms with Gasteiger partial charge in [-0.25, -0.2) is 5.01 Å². The van der Waals surface area contributed by atoms with Gasteiger partial charge in [0, 0.05) is 18.8 Å². The van der Waals surface area contributed by atoms with Crippen molar-refractivity contribution >= 4 is 11.6 Å². The summed E-state index contributed by atoms with van der Waals surface area (Å²) in [5.74, 6) is 5.52. The Morgan fingerprint density at radius 1 is 1.38 bits per heavy atom. The van der Waals surface area contributed by atoms with Crippen LogP contribution in [0.15, 0.2) is 24.3 Å². The highest BCUT2D eigenvalue weighted by Crippen LogP contribution is 2.17. The van der Waals surface area contributed by atoms with Gasteiger partial charge in [0.2, 0.25) is 5.91 Å². The third-order valence-electron chi connectivity index (χ3n) is 2.54. The van der Waals surface area contributed by atoms with Crippen LogP contribution in [0.1, 0.15) is 5.56 Å². The zero-order valence-electron chi connectivity index (χ0n) is 8.76. The van der Waals surface area contributed by atoms with E-state index in [0.717, 1.165) is 5.69 Å². The summed E-state index contributed by atoms with van der Waals surface area (Å²) < 4.78 is 0. The molecule has 1 aliphatic heterocycles. The molecule has 0 bridgehead atoms. The molecule has 1 amide bonds. The lowest BCUT2D eigenvalue weighted by Gasteiger charge is -2.31. The van der Waals surface area contributed by atoms with Gasteiger partial charge in [0.1, 0.15) is 0 Å². The monoisotopic (exact) mass is 216 g/mol. The normalized spacial score (nSPS) is 17.2. The van der Waals surface area contributed by atoms with Crippen molar-refractivity contribution in [3.05, 3.63) is 29.8 Å². The lowest BCUT2D eigenvalue weighted by Crippen LogP contribution is -2.53. The molecule has 16 heavy (non-hydrogen) atoms. The van der Waals surface area contributed by atoms with Crippen LogP contribution in [0.2, 0.25) is 0 Å². The van der Waals surface area contributed by atoms with Crippen molar-refractivity contribution < 1.29 is 4.79 Å². The summed E-state index contributed by atoms with van der Waals surface area (Å²) in [6.45, 7) is 1.42. The van der Waals surface area contributed by atoms with Gasteiger partial charge in [-0.1, -0.05) is 6.07 Å². The topological polar surface area (TPSA) is 73.4 Å². The maximum Gasteiger partial charge on any atom is 0.242 e. The number of hydrogen-bond donors (Lipinski definition) is 1. The highest BCUT2D eigenvalue weighted by Gasteiger charge is 2.23. The lowest BCUT2D eigenvalue weighted by molar-refractivity contribution is -0.121. The molecule has 0 unspecified atom stereocenters. The molecule has 2 N–H and O–H groups in total. The summed E-state index contributed by atoms with van der Waals surface area (Å²) >= 11 is 0. The molecule has 1 aromatic rings. The van der Waals surface area contributed by atoms with Crippen molar-refractivity contribution in [3.8, 4) is 6.07 Å². The number of carbonyl (C=O) groups excluding carboxylic acids is 1. The zero-order valence-corrected chi connectivity index (χ0v) is 8.76. The first kappa shape index (κ1) is 10.6. The molecule has 1 aromatic carbocycles. The number of rotatable bonds is 1. The molecule has 0 saturated carbocycles. The van der Waals surface area contributed by atoms with E-state index in [9.17, 15) is 4.79 Å². The van der Waals surface area contributed by atoms with E-state index in [1.807, 2.05) is 6.07 Å². The second-order valence-corrected chi connectivity index (χ2v) is 3.68. The fourth-order valence-corrected chi connectivity index (χ4v) is 1.71. The Balaban J connectivity index is 2.24. The van der Waals surface area contributed by atoms with Gasteiger partial charge in [0.05, 0.1) is 18.2 Å². The quantitative estimate of drug-likeness (QED) is 0.675. The molecule has 0 aliphatic carbocycles. The Kier molecular flexibility index (Phi) is 2.86. The van der Waals surface area contributed by atoms with Crippen molar-refractivity contribution in [1.82, 2.24) is 5.01 Å². The van der Waals surface area contributed by atoms with Crippen molar-refractivity contribution in [2.24, 2.45) is 5.84 Å². The minimum atomic E-state index is -0.0381. The van der Waals surface area contributed by atoms with Crippen LogP contribution in [-0.2, 0) is 4.79 Å². The van der Waals surface area contributed by atoms with E-state index in [1.165, 1.54) is 5.01 Å². The maximum absolute atomic E-state index is 11.7. The number of amides is 1. The molecule has 2 rings (SSSR count). The summed E-state index contributed by atoms with van der Waals surface area (Å²) in [4.78, 5) is 13.4. The standard InChI is InChI=1S/C11H12N4O/c12-7-9-2-1-3-10(6-9)15-5-4-14(13)8-11(15)16/h1-3,6H,4-5,8,13H2. The lowest BCUT2D eigenvalue weighted by atomic mass is 10.2. The number of nitrogens with two attached hydrogens (primary N) is 1. The predicted molar refractivity (Wildman–Crippen MR) is 59.3 cm³/mol. The highest BCUT2D eigenvalue weighted by molar-refractivity contribution is 5.95. The van der Waals surface area contributed by atoms with Crippen LogP contribution in [0.3, 0.4) is 0 Å². The molecule has 1 saturated heterocycles. The maximum atomic E-state index is 11.7. The summed E-state index contributed by atoms with van der Waals surface area (Å²) in [6.07, 6.45) is 0. The van der Waals surface area contributed by atoms with Crippen LogP contribution in [0.4, 0.5) is 5.69 Å². The third-order valence-corrected chi connectivity index (χ3v) is 2.54. The largest absolute Gasteiger partial charge is 0.310 e. The summed E-state index contributed by atoms with van der Waals surface area (Å²) in [6, 6.07) is 9.08. The van der Waals surface area contributed by atoms with E-state index in [4.69, 9.17) is 11.1 Å². The molecule has 0 spiro atoms. The zero-order chi connectivity index (χ0) is 11.5. The molecule has 1 heterocycles. The third kappa shape index (κ3) is 2.03. The van der Waals surface area contributed by atoms with E-state index in [0.29, 0.717) is 18.7 Å². The molecule has 82 valence electrons. The molecule has 5 heteroatoms. The van der Waals surface area contributed by atoms with E-state index < -0.39 is 0 Å². The van der Waals surface area contributed by atoms with Gasteiger partial charge >= 0.3 is 0 Å². The Hall–Kier alpha value is -1.90. The van der Waals surface area contributed by atoms with Crippen LogP contribution in [0.25, 0.3) is 0 Å². The van der Waals surface area contributed by atoms with E-state index in [-0.39, 0.29) is 12.5 Å². The smallest absolute Gasteiger partial charge is 0.242 e. The van der Waals surface area contributed by atoms with Gasteiger partial charge < -0.3 is 4.90 Å². The fraction of sp³-hybridized carbons (Fsp3) is 0.273. The molecule has 0 radical (unpaired) electrons. The molecule has 5 nitrogen and oxygen atoms in total. The van der Waals surface area contributed by atoms with Crippen molar-refractivity contribution in [2.75, 3.05) is 24.5 Å². The predicted octanol–water partition coefficient (Wildman–Crippen LogP) is 0.0806. The number of nitriles is 1. The number of piperazine rings is 1. The molecule has 0 aromatic heterocycles. The number of hydrazine groups is 1. The second kappa shape index (κ2) is 4.31.